The van der Waals surface area contributed by atoms with Gasteiger partial charge in [0, 0.05) is 31.4 Å². The number of anilines is 1. The molecule has 0 amide bonds. The van der Waals surface area contributed by atoms with Gasteiger partial charge in [0.1, 0.15) is 5.82 Å². The van der Waals surface area contributed by atoms with E-state index in [2.05, 4.69) is 47.2 Å². The van der Waals surface area contributed by atoms with Crippen LogP contribution in [0.15, 0.2) is 18.2 Å². The van der Waals surface area contributed by atoms with Gasteiger partial charge in [-0.25, -0.2) is 4.98 Å². The molecule has 18 heavy (non-hydrogen) atoms. The Bertz CT molecular complexity index is 400. The molecule has 0 radical (unpaired) electrons. The summed E-state index contributed by atoms with van der Waals surface area (Å²) in [4.78, 5) is 7.12. The summed E-state index contributed by atoms with van der Waals surface area (Å²) < 4.78 is 0. The van der Waals surface area contributed by atoms with Crippen molar-refractivity contribution in [3.8, 4) is 0 Å². The molecule has 1 aromatic heterocycles. The van der Waals surface area contributed by atoms with Crippen molar-refractivity contribution in [3.63, 3.8) is 0 Å². The van der Waals surface area contributed by atoms with Gasteiger partial charge < -0.3 is 10.2 Å². The molecule has 2 heterocycles. The van der Waals surface area contributed by atoms with Gasteiger partial charge in [-0.3, -0.25) is 0 Å². The van der Waals surface area contributed by atoms with E-state index in [4.69, 9.17) is 4.98 Å². The summed E-state index contributed by atoms with van der Waals surface area (Å²) in [6, 6.07) is 7.79. The average Bonchev–Trinajstić information content (AvgIpc) is 3.08. The number of hydrogen-bond donors (Lipinski definition) is 1. The predicted molar refractivity (Wildman–Crippen MR) is 78.2 cm³/mol. The Hall–Kier alpha value is -0.740. The molecule has 0 aromatic carbocycles. The van der Waals surface area contributed by atoms with Crippen LogP contribution < -0.4 is 10.2 Å². The van der Waals surface area contributed by atoms with E-state index >= 15 is 0 Å². The molecule has 1 saturated carbocycles. The number of pyridine rings is 1. The third-order valence-corrected chi connectivity index (χ3v) is 4.90. The average molecular weight is 263 g/mol. The lowest BCUT2D eigenvalue weighted by Gasteiger charge is -2.25. The molecule has 1 unspecified atom stereocenters. The Labute approximate surface area is 113 Å². The van der Waals surface area contributed by atoms with Crippen LogP contribution in [0.2, 0.25) is 0 Å². The van der Waals surface area contributed by atoms with Gasteiger partial charge >= 0.3 is 0 Å². The number of thioether (sulfide) groups is 1. The van der Waals surface area contributed by atoms with Gasteiger partial charge in [0.15, 0.2) is 0 Å². The highest BCUT2D eigenvalue weighted by atomic mass is 32.2. The molecule has 3 rings (SSSR count). The van der Waals surface area contributed by atoms with Crippen molar-refractivity contribution >= 4 is 17.6 Å². The predicted octanol–water partition coefficient (Wildman–Crippen LogP) is 2.28. The first kappa shape index (κ1) is 12.3. The molecule has 4 heteroatoms. The fourth-order valence-corrected chi connectivity index (χ4v) is 3.58. The molecule has 1 atom stereocenters. The van der Waals surface area contributed by atoms with E-state index in [1.165, 1.54) is 30.8 Å². The minimum atomic E-state index is 0.661. The highest BCUT2D eigenvalue weighted by molar-refractivity contribution is 7.99. The molecule has 1 aromatic rings. The standard InChI is InChI=1S/C14H21N3S/c1-17(13-7-8-18-10-13)14-4-2-3-12(16-14)9-15-11-5-6-11/h2-4,11,13,15H,5-10H2,1H3. The maximum Gasteiger partial charge on any atom is 0.128 e. The van der Waals surface area contributed by atoms with Crippen LogP contribution >= 0.6 is 11.8 Å². The first-order valence-corrected chi connectivity index (χ1v) is 7.98. The van der Waals surface area contributed by atoms with Gasteiger partial charge in [0.25, 0.3) is 0 Å². The van der Waals surface area contributed by atoms with Crippen LogP contribution in [0.1, 0.15) is 25.0 Å². The molecule has 0 spiro atoms. The first-order valence-electron chi connectivity index (χ1n) is 6.83. The lowest BCUT2D eigenvalue weighted by molar-refractivity contribution is 0.663. The van der Waals surface area contributed by atoms with Gasteiger partial charge in [0.05, 0.1) is 5.69 Å². The topological polar surface area (TPSA) is 28.2 Å². The molecule has 2 fully saturated rings. The molecular formula is C14H21N3S. The third kappa shape index (κ3) is 2.98. The van der Waals surface area contributed by atoms with Crippen molar-refractivity contribution in [3.05, 3.63) is 23.9 Å². The molecular weight excluding hydrogens is 242 g/mol. The van der Waals surface area contributed by atoms with E-state index in [-0.39, 0.29) is 0 Å². The SMILES string of the molecule is CN(c1cccc(CNC2CC2)n1)C1CCSC1. The molecule has 98 valence electrons. The van der Waals surface area contributed by atoms with Crippen LogP contribution in [0.25, 0.3) is 0 Å². The molecule has 1 N–H and O–H groups in total. The maximum absolute atomic E-state index is 4.77. The lowest BCUT2D eigenvalue weighted by atomic mass is 10.2. The van der Waals surface area contributed by atoms with E-state index < -0.39 is 0 Å². The van der Waals surface area contributed by atoms with Crippen molar-refractivity contribution in [1.82, 2.24) is 10.3 Å². The zero-order chi connectivity index (χ0) is 12.4. The monoisotopic (exact) mass is 263 g/mol. The third-order valence-electron chi connectivity index (χ3n) is 3.76. The van der Waals surface area contributed by atoms with Crippen LogP contribution in [0.5, 0.6) is 0 Å². The minimum absolute atomic E-state index is 0.661. The van der Waals surface area contributed by atoms with Crippen molar-refractivity contribution in [1.29, 1.82) is 0 Å². The Morgan fingerprint density at radius 3 is 3.00 bits per heavy atom. The van der Waals surface area contributed by atoms with Gasteiger partial charge in [-0.1, -0.05) is 6.07 Å². The molecule has 0 bridgehead atoms. The Morgan fingerprint density at radius 1 is 1.39 bits per heavy atom. The summed E-state index contributed by atoms with van der Waals surface area (Å²) in [6.07, 6.45) is 3.95. The highest BCUT2D eigenvalue weighted by Crippen LogP contribution is 2.25. The number of aromatic nitrogens is 1. The fraction of sp³-hybridized carbons (Fsp3) is 0.643. The summed E-state index contributed by atoms with van der Waals surface area (Å²) in [5.74, 6) is 3.65. The summed E-state index contributed by atoms with van der Waals surface area (Å²) in [5.41, 5.74) is 1.16. The fourth-order valence-electron chi connectivity index (χ4n) is 2.31. The Morgan fingerprint density at radius 2 is 2.28 bits per heavy atom. The highest BCUT2D eigenvalue weighted by Gasteiger charge is 2.22. The Kier molecular flexibility index (Phi) is 3.75. The van der Waals surface area contributed by atoms with Gasteiger partial charge in [0.2, 0.25) is 0 Å². The van der Waals surface area contributed by atoms with Gasteiger partial charge in [-0.05, 0) is 37.1 Å². The molecule has 1 saturated heterocycles. The maximum atomic E-state index is 4.77. The van der Waals surface area contributed by atoms with Crippen LogP contribution in [-0.2, 0) is 6.54 Å². The summed E-state index contributed by atoms with van der Waals surface area (Å²) in [7, 11) is 2.18. The van der Waals surface area contributed by atoms with Crippen molar-refractivity contribution in [2.75, 3.05) is 23.5 Å². The molecule has 2 aliphatic rings. The summed E-state index contributed by atoms with van der Waals surface area (Å²) in [6.45, 7) is 0.908. The van der Waals surface area contributed by atoms with E-state index in [0.29, 0.717) is 6.04 Å². The van der Waals surface area contributed by atoms with Crippen LogP contribution in [0, 0.1) is 0 Å². The molecule has 3 nitrogen and oxygen atoms in total. The largest absolute Gasteiger partial charge is 0.356 e. The van der Waals surface area contributed by atoms with Crippen LogP contribution in [-0.4, -0.2) is 35.6 Å². The second-order valence-corrected chi connectivity index (χ2v) is 6.42. The lowest BCUT2D eigenvalue weighted by Crippen LogP contribution is -2.32. The summed E-state index contributed by atoms with van der Waals surface area (Å²) in [5, 5.41) is 3.52. The van der Waals surface area contributed by atoms with Crippen molar-refractivity contribution in [2.45, 2.75) is 37.9 Å². The quantitative estimate of drug-likeness (QED) is 0.882. The van der Waals surface area contributed by atoms with Crippen molar-refractivity contribution < 1.29 is 0 Å². The van der Waals surface area contributed by atoms with E-state index in [1.54, 1.807) is 0 Å². The summed E-state index contributed by atoms with van der Waals surface area (Å²) >= 11 is 2.05. The second kappa shape index (κ2) is 5.49. The first-order chi connectivity index (χ1) is 8.83. The van der Waals surface area contributed by atoms with Gasteiger partial charge in [-0.2, -0.15) is 11.8 Å². The second-order valence-electron chi connectivity index (χ2n) is 5.27. The zero-order valence-electron chi connectivity index (χ0n) is 10.9. The number of nitrogens with one attached hydrogen (secondary N) is 1. The normalized spacial score (nSPS) is 23.3. The number of rotatable bonds is 5. The smallest absolute Gasteiger partial charge is 0.128 e. The van der Waals surface area contributed by atoms with E-state index in [1.807, 2.05) is 0 Å². The molecule has 1 aliphatic heterocycles. The van der Waals surface area contributed by atoms with E-state index in [9.17, 15) is 0 Å². The Balaban J connectivity index is 1.64. The van der Waals surface area contributed by atoms with Crippen LogP contribution in [0.3, 0.4) is 0 Å². The number of nitrogens with zero attached hydrogens (tertiary/aromatic N) is 2. The van der Waals surface area contributed by atoms with E-state index in [0.717, 1.165) is 24.1 Å². The number of hydrogen-bond acceptors (Lipinski definition) is 4. The molecule has 1 aliphatic carbocycles. The zero-order valence-corrected chi connectivity index (χ0v) is 11.7. The van der Waals surface area contributed by atoms with Gasteiger partial charge in [-0.15, -0.1) is 0 Å². The van der Waals surface area contributed by atoms with Crippen LogP contribution in [0.4, 0.5) is 5.82 Å². The van der Waals surface area contributed by atoms with Crippen molar-refractivity contribution in [2.24, 2.45) is 0 Å². The minimum Gasteiger partial charge on any atom is -0.356 e.